The van der Waals surface area contributed by atoms with Crippen LogP contribution in [0.3, 0.4) is 0 Å². The van der Waals surface area contributed by atoms with Crippen molar-refractivity contribution in [1.82, 2.24) is 0 Å². The highest BCUT2D eigenvalue weighted by Crippen LogP contribution is 2.25. The van der Waals surface area contributed by atoms with Gasteiger partial charge in [-0.15, -0.1) is 0 Å². The molecule has 13 heavy (non-hydrogen) atoms. The standard InChI is InChI=1S/C7H6BrClO3S/c8-6-3-5(1-2-7(6)10)4-13(9,11)12/h1-3,10H,4H2. The van der Waals surface area contributed by atoms with E-state index in [2.05, 4.69) is 15.9 Å². The summed E-state index contributed by atoms with van der Waals surface area (Å²) in [6, 6.07) is 4.41. The molecule has 0 atom stereocenters. The first-order valence-electron chi connectivity index (χ1n) is 3.28. The molecule has 1 rings (SSSR count). The molecule has 0 aliphatic rings. The Kier molecular flexibility index (Phi) is 3.21. The molecular weight excluding hydrogens is 279 g/mol. The Hall–Kier alpha value is -0.260. The lowest BCUT2D eigenvalue weighted by molar-refractivity contribution is 0.471. The monoisotopic (exact) mass is 284 g/mol. The van der Waals surface area contributed by atoms with Gasteiger partial charge >= 0.3 is 0 Å². The van der Waals surface area contributed by atoms with Crippen molar-refractivity contribution in [3.05, 3.63) is 28.2 Å². The van der Waals surface area contributed by atoms with Crippen molar-refractivity contribution in [3.63, 3.8) is 0 Å². The minimum atomic E-state index is -3.54. The maximum atomic E-state index is 10.7. The third-order valence-corrected chi connectivity index (χ3v) is 2.99. The van der Waals surface area contributed by atoms with E-state index in [9.17, 15) is 8.42 Å². The summed E-state index contributed by atoms with van der Waals surface area (Å²) in [5.74, 6) is -0.177. The van der Waals surface area contributed by atoms with Crippen LogP contribution >= 0.6 is 26.6 Å². The van der Waals surface area contributed by atoms with E-state index in [1.165, 1.54) is 18.2 Å². The van der Waals surface area contributed by atoms with Crippen molar-refractivity contribution < 1.29 is 13.5 Å². The zero-order valence-electron chi connectivity index (χ0n) is 6.37. The van der Waals surface area contributed by atoms with Gasteiger partial charge in [-0.25, -0.2) is 8.42 Å². The number of benzene rings is 1. The van der Waals surface area contributed by atoms with E-state index in [1.807, 2.05) is 0 Å². The second-order valence-electron chi connectivity index (χ2n) is 2.47. The number of aromatic hydroxyl groups is 1. The third-order valence-electron chi connectivity index (χ3n) is 1.35. The van der Waals surface area contributed by atoms with Crippen LogP contribution in [0.2, 0.25) is 0 Å². The fourth-order valence-electron chi connectivity index (χ4n) is 0.839. The Bertz CT molecular complexity index is 416. The summed E-state index contributed by atoms with van der Waals surface area (Å²) >= 11 is 3.07. The van der Waals surface area contributed by atoms with E-state index >= 15 is 0 Å². The number of hydrogen-bond donors (Lipinski definition) is 1. The van der Waals surface area contributed by atoms with Gasteiger partial charge in [-0.05, 0) is 33.6 Å². The van der Waals surface area contributed by atoms with Gasteiger partial charge in [0.25, 0.3) is 0 Å². The Morgan fingerprint density at radius 1 is 1.46 bits per heavy atom. The number of rotatable bonds is 2. The van der Waals surface area contributed by atoms with Crippen molar-refractivity contribution in [2.75, 3.05) is 0 Å². The van der Waals surface area contributed by atoms with Crippen LogP contribution in [0.15, 0.2) is 22.7 Å². The molecule has 0 aliphatic heterocycles. The molecule has 0 spiro atoms. The zero-order valence-corrected chi connectivity index (χ0v) is 9.53. The van der Waals surface area contributed by atoms with Crippen LogP contribution in [0, 0.1) is 0 Å². The lowest BCUT2D eigenvalue weighted by atomic mass is 10.2. The summed E-state index contributed by atoms with van der Waals surface area (Å²) in [5.41, 5.74) is 0.527. The lowest BCUT2D eigenvalue weighted by Gasteiger charge is -2.00. The Morgan fingerprint density at radius 2 is 2.08 bits per heavy atom. The maximum Gasteiger partial charge on any atom is 0.236 e. The number of phenolic OH excluding ortho intramolecular Hbond substituents is 1. The van der Waals surface area contributed by atoms with Crippen LogP contribution in [0.1, 0.15) is 5.56 Å². The van der Waals surface area contributed by atoms with Gasteiger partial charge in [0.15, 0.2) is 0 Å². The van der Waals surface area contributed by atoms with Crippen molar-refractivity contribution in [2.24, 2.45) is 0 Å². The van der Waals surface area contributed by atoms with Gasteiger partial charge < -0.3 is 5.11 Å². The summed E-state index contributed by atoms with van der Waals surface area (Å²) in [4.78, 5) is 0. The van der Waals surface area contributed by atoms with Crippen molar-refractivity contribution in [3.8, 4) is 5.75 Å². The van der Waals surface area contributed by atoms with E-state index in [0.717, 1.165) is 0 Å². The molecule has 0 saturated carbocycles. The molecule has 3 nitrogen and oxygen atoms in total. The zero-order chi connectivity index (χ0) is 10.1. The molecule has 0 aromatic heterocycles. The first-order chi connectivity index (χ1) is 5.88. The predicted octanol–water partition coefficient (Wildman–Crippen LogP) is 2.22. The molecule has 0 aliphatic carbocycles. The van der Waals surface area contributed by atoms with Crippen LogP contribution in [0.4, 0.5) is 0 Å². The molecule has 72 valence electrons. The van der Waals surface area contributed by atoms with Gasteiger partial charge in [0, 0.05) is 10.7 Å². The van der Waals surface area contributed by atoms with Gasteiger partial charge in [0.1, 0.15) is 5.75 Å². The van der Waals surface area contributed by atoms with Crippen molar-refractivity contribution in [1.29, 1.82) is 0 Å². The molecule has 0 bridgehead atoms. The summed E-state index contributed by atoms with van der Waals surface area (Å²) < 4.78 is 21.8. The number of hydrogen-bond acceptors (Lipinski definition) is 3. The predicted molar refractivity (Wildman–Crippen MR) is 54.3 cm³/mol. The summed E-state index contributed by atoms with van der Waals surface area (Å²) in [6.45, 7) is 0. The summed E-state index contributed by atoms with van der Waals surface area (Å²) in [5, 5.41) is 9.11. The molecule has 0 amide bonds. The molecule has 1 N–H and O–H groups in total. The van der Waals surface area contributed by atoms with Gasteiger partial charge in [0.05, 0.1) is 10.2 Å². The van der Waals surface area contributed by atoms with Crippen molar-refractivity contribution in [2.45, 2.75) is 5.75 Å². The largest absolute Gasteiger partial charge is 0.507 e. The fraction of sp³-hybridized carbons (Fsp3) is 0.143. The average molecular weight is 286 g/mol. The number of halogens is 2. The van der Waals surface area contributed by atoms with Gasteiger partial charge in [-0.2, -0.15) is 0 Å². The van der Waals surface area contributed by atoms with E-state index in [-0.39, 0.29) is 11.5 Å². The van der Waals surface area contributed by atoms with E-state index in [4.69, 9.17) is 15.8 Å². The molecule has 0 heterocycles. The Labute approximate surface area is 88.9 Å². The summed E-state index contributed by atoms with van der Waals surface area (Å²) in [7, 11) is 1.52. The molecule has 0 radical (unpaired) electrons. The van der Waals surface area contributed by atoms with E-state index < -0.39 is 9.05 Å². The van der Waals surface area contributed by atoms with Crippen LogP contribution in [0.5, 0.6) is 5.75 Å². The first-order valence-corrected chi connectivity index (χ1v) is 6.55. The van der Waals surface area contributed by atoms with E-state index in [0.29, 0.717) is 10.0 Å². The normalized spacial score (nSPS) is 11.5. The second kappa shape index (κ2) is 3.86. The Balaban J connectivity index is 2.99. The maximum absolute atomic E-state index is 10.7. The molecular formula is C7H6BrClO3S. The van der Waals surface area contributed by atoms with Crippen molar-refractivity contribution >= 4 is 35.7 Å². The molecule has 0 unspecified atom stereocenters. The van der Waals surface area contributed by atoms with Crippen LogP contribution in [-0.2, 0) is 14.8 Å². The smallest absolute Gasteiger partial charge is 0.236 e. The fourth-order valence-corrected chi connectivity index (χ4v) is 2.22. The topological polar surface area (TPSA) is 54.4 Å². The highest BCUT2D eigenvalue weighted by atomic mass is 79.9. The van der Waals surface area contributed by atoms with E-state index in [1.54, 1.807) is 0 Å². The SMILES string of the molecule is O=S(=O)(Cl)Cc1ccc(O)c(Br)c1. The minimum Gasteiger partial charge on any atom is -0.507 e. The molecule has 1 aromatic rings. The first kappa shape index (κ1) is 10.8. The molecule has 1 aromatic carbocycles. The van der Waals surface area contributed by atoms with Gasteiger partial charge in [-0.1, -0.05) is 6.07 Å². The van der Waals surface area contributed by atoms with Crippen LogP contribution in [-0.4, -0.2) is 13.5 Å². The highest BCUT2D eigenvalue weighted by Gasteiger charge is 2.08. The molecule has 6 heteroatoms. The lowest BCUT2D eigenvalue weighted by Crippen LogP contribution is -1.94. The quantitative estimate of drug-likeness (QED) is 0.848. The van der Waals surface area contributed by atoms with Gasteiger partial charge in [-0.3, -0.25) is 0 Å². The number of phenols is 1. The van der Waals surface area contributed by atoms with Crippen LogP contribution in [0.25, 0.3) is 0 Å². The minimum absolute atomic E-state index is 0.0655. The molecule has 0 fully saturated rings. The highest BCUT2D eigenvalue weighted by molar-refractivity contribution is 9.10. The van der Waals surface area contributed by atoms with Gasteiger partial charge in [0.2, 0.25) is 9.05 Å². The molecule has 0 saturated heterocycles. The van der Waals surface area contributed by atoms with Crippen LogP contribution < -0.4 is 0 Å². The Morgan fingerprint density at radius 3 is 2.54 bits per heavy atom. The average Bonchev–Trinajstić information content (AvgIpc) is 1.94. The third kappa shape index (κ3) is 3.54. The second-order valence-corrected chi connectivity index (χ2v) is 6.10. The summed E-state index contributed by atoms with van der Waals surface area (Å²) in [6.07, 6.45) is 0.